The minimum absolute atomic E-state index is 0. The molecule has 1 fully saturated rings. The fourth-order valence-electron chi connectivity index (χ4n) is 2.66. The molecule has 1 aromatic carbocycles. The van der Waals surface area contributed by atoms with E-state index in [1.165, 1.54) is 0 Å². The fourth-order valence-corrected chi connectivity index (χ4v) is 2.66. The molecule has 0 saturated carbocycles. The number of nitrogens with zero attached hydrogens (tertiary/aromatic N) is 4. The van der Waals surface area contributed by atoms with Crippen molar-refractivity contribution < 1.29 is 9.63 Å². The molecule has 1 aliphatic rings. The molecule has 3 rings (SSSR count). The van der Waals surface area contributed by atoms with Crippen LogP contribution in [0.25, 0.3) is 0 Å². The van der Waals surface area contributed by atoms with Gasteiger partial charge in [-0.05, 0) is 17.7 Å². The van der Waals surface area contributed by atoms with Crippen molar-refractivity contribution in [2.45, 2.75) is 19.6 Å². The van der Waals surface area contributed by atoms with Gasteiger partial charge in [0.15, 0.2) is 5.82 Å². The van der Waals surface area contributed by atoms with Gasteiger partial charge in [-0.15, -0.1) is 24.8 Å². The lowest BCUT2D eigenvalue weighted by molar-refractivity contribution is 0.119. The number of piperazine rings is 1. The molecular formula is C15H23Cl2N5O2. The molecule has 0 amide bonds. The van der Waals surface area contributed by atoms with E-state index in [0.717, 1.165) is 38.3 Å². The summed E-state index contributed by atoms with van der Waals surface area (Å²) in [5.41, 5.74) is 6.60. The maximum Gasteiger partial charge on any atom is 0.240 e. The van der Waals surface area contributed by atoms with Gasteiger partial charge in [-0.25, -0.2) is 0 Å². The van der Waals surface area contributed by atoms with E-state index >= 15 is 0 Å². The van der Waals surface area contributed by atoms with E-state index in [4.69, 9.17) is 10.3 Å². The van der Waals surface area contributed by atoms with Gasteiger partial charge < -0.3 is 15.4 Å². The molecule has 0 radical (unpaired) electrons. The van der Waals surface area contributed by atoms with Crippen LogP contribution in [0.1, 0.15) is 17.3 Å². The Hall–Kier alpha value is -1.38. The van der Waals surface area contributed by atoms with E-state index in [9.17, 15) is 5.11 Å². The monoisotopic (exact) mass is 375 g/mol. The molecule has 7 nitrogen and oxygen atoms in total. The smallest absolute Gasteiger partial charge is 0.240 e. The van der Waals surface area contributed by atoms with Gasteiger partial charge >= 0.3 is 0 Å². The molecule has 1 aliphatic heterocycles. The highest BCUT2D eigenvalue weighted by Gasteiger charge is 2.19. The Morgan fingerprint density at radius 3 is 2.33 bits per heavy atom. The van der Waals surface area contributed by atoms with Gasteiger partial charge in [0.05, 0.1) is 13.1 Å². The van der Waals surface area contributed by atoms with Gasteiger partial charge in [-0.1, -0.05) is 17.3 Å². The van der Waals surface area contributed by atoms with Gasteiger partial charge in [0.1, 0.15) is 5.75 Å². The van der Waals surface area contributed by atoms with E-state index in [-0.39, 0.29) is 31.4 Å². The van der Waals surface area contributed by atoms with Gasteiger partial charge in [-0.2, -0.15) is 4.98 Å². The molecular weight excluding hydrogens is 353 g/mol. The number of hydrogen-bond acceptors (Lipinski definition) is 7. The van der Waals surface area contributed by atoms with Crippen molar-refractivity contribution in [3.8, 4) is 5.75 Å². The maximum atomic E-state index is 9.51. The van der Waals surface area contributed by atoms with Gasteiger partial charge in [-0.3, -0.25) is 9.80 Å². The minimum Gasteiger partial charge on any atom is -0.508 e. The highest BCUT2D eigenvalue weighted by atomic mass is 35.5. The van der Waals surface area contributed by atoms with Crippen LogP contribution in [-0.4, -0.2) is 51.2 Å². The largest absolute Gasteiger partial charge is 0.508 e. The number of aromatic nitrogens is 2. The Labute approximate surface area is 153 Å². The molecule has 0 bridgehead atoms. The number of nitrogens with two attached hydrogens (primary N) is 1. The average molecular weight is 376 g/mol. The molecule has 1 aromatic heterocycles. The zero-order valence-electron chi connectivity index (χ0n) is 13.3. The fraction of sp³-hybridized carbons (Fsp3) is 0.467. The summed E-state index contributed by atoms with van der Waals surface area (Å²) >= 11 is 0. The highest BCUT2D eigenvalue weighted by molar-refractivity contribution is 5.85. The molecule has 134 valence electrons. The van der Waals surface area contributed by atoms with Crippen LogP contribution >= 0.6 is 24.8 Å². The molecule has 3 N–H and O–H groups in total. The van der Waals surface area contributed by atoms with E-state index in [2.05, 4.69) is 19.9 Å². The van der Waals surface area contributed by atoms with E-state index in [0.29, 0.717) is 24.0 Å². The van der Waals surface area contributed by atoms with Crippen molar-refractivity contribution in [1.82, 2.24) is 19.9 Å². The van der Waals surface area contributed by atoms with Crippen molar-refractivity contribution in [3.63, 3.8) is 0 Å². The van der Waals surface area contributed by atoms with Crippen LogP contribution < -0.4 is 5.73 Å². The first-order valence-corrected chi connectivity index (χ1v) is 7.47. The topological polar surface area (TPSA) is 91.7 Å². The van der Waals surface area contributed by atoms with Crippen molar-refractivity contribution in [2.75, 3.05) is 26.2 Å². The Balaban J connectivity index is 0.00000144. The average Bonchev–Trinajstić information content (AvgIpc) is 2.97. The second-order valence-electron chi connectivity index (χ2n) is 5.53. The normalized spacial score (nSPS) is 15.5. The number of phenolic OH excluding ortho intramolecular Hbond substituents is 1. The number of rotatable bonds is 5. The standard InChI is InChI=1S/C15H21N5O2.2ClH/c16-9-15-17-14(18-22-15)11-20-6-4-19(5-7-20)10-12-2-1-3-13(21)8-12;;/h1-3,8,21H,4-7,9-11,16H2;2*1H. The Kier molecular flexibility index (Phi) is 8.44. The van der Waals surface area contributed by atoms with Crippen molar-refractivity contribution in [1.29, 1.82) is 0 Å². The summed E-state index contributed by atoms with van der Waals surface area (Å²) in [4.78, 5) is 8.92. The second kappa shape index (κ2) is 9.80. The summed E-state index contributed by atoms with van der Waals surface area (Å²) in [5.74, 6) is 1.50. The Bertz CT molecular complexity index is 617. The van der Waals surface area contributed by atoms with Gasteiger partial charge in [0.25, 0.3) is 0 Å². The summed E-state index contributed by atoms with van der Waals surface area (Å²) in [6.45, 7) is 5.74. The van der Waals surface area contributed by atoms with Gasteiger partial charge in [0.2, 0.25) is 5.89 Å². The lowest BCUT2D eigenvalue weighted by Gasteiger charge is -2.34. The van der Waals surface area contributed by atoms with E-state index in [1.807, 2.05) is 18.2 Å². The summed E-state index contributed by atoms with van der Waals surface area (Å²) in [6.07, 6.45) is 0. The van der Waals surface area contributed by atoms with Crippen LogP contribution in [0.5, 0.6) is 5.75 Å². The summed E-state index contributed by atoms with van der Waals surface area (Å²) in [6, 6.07) is 7.44. The van der Waals surface area contributed by atoms with Gasteiger partial charge in [0, 0.05) is 32.7 Å². The molecule has 2 aromatic rings. The molecule has 0 atom stereocenters. The quantitative estimate of drug-likeness (QED) is 0.815. The van der Waals surface area contributed by atoms with Crippen LogP contribution in [0.4, 0.5) is 0 Å². The number of hydrogen-bond donors (Lipinski definition) is 2. The molecule has 2 heterocycles. The third-order valence-electron chi connectivity index (χ3n) is 3.83. The lowest BCUT2D eigenvalue weighted by Crippen LogP contribution is -2.45. The summed E-state index contributed by atoms with van der Waals surface area (Å²) < 4.78 is 5.02. The Morgan fingerprint density at radius 2 is 1.75 bits per heavy atom. The van der Waals surface area contributed by atoms with Crippen LogP contribution in [0.2, 0.25) is 0 Å². The predicted molar refractivity (Wildman–Crippen MR) is 95.3 cm³/mol. The first-order chi connectivity index (χ1) is 10.7. The molecule has 24 heavy (non-hydrogen) atoms. The highest BCUT2D eigenvalue weighted by Crippen LogP contribution is 2.14. The molecule has 1 saturated heterocycles. The lowest BCUT2D eigenvalue weighted by atomic mass is 10.2. The Morgan fingerprint density at radius 1 is 1.08 bits per heavy atom. The first-order valence-electron chi connectivity index (χ1n) is 7.47. The van der Waals surface area contributed by atoms with Crippen molar-refractivity contribution in [2.24, 2.45) is 5.73 Å². The van der Waals surface area contributed by atoms with Crippen LogP contribution in [0, 0.1) is 0 Å². The first kappa shape index (κ1) is 20.7. The number of halogens is 2. The third-order valence-corrected chi connectivity index (χ3v) is 3.83. The molecule has 9 heteroatoms. The summed E-state index contributed by atoms with van der Waals surface area (Å²) in [5, 5.41) is 13.4. The molecule has 0 spiro atoms. The zero-order valence-corrected chi connectivity index (χ0v) is 14.9. The molecule has 0 unspecified atom stereocenters. The third kappa shape index (κ3) is 5.61. The number of benzene rings is 1. The van der Waals surface area contributed by atoms with E-state index in [1.54, 1.807) is 6.07 Å². The predicted octanol–water partition coefficient (Wildman–Crippen LogP) is 1.40. The maximum absolute atomic E-state index is 9.51. The SMILES string of the molecule is Cl.Cl.NCc1nc(CN2CCN(Cc3cccc(O)c3)CC2)no1. The second-order valence-corrected chi connectivity index (χ2v) is 5.53. The number of aromatic hydroxyl groups is 1. The molecule has 0 aliphatic carbocycles. The van der Waals surface area contributed by atoms with Crippen LogP contribution in [0.15, 0.2) is 28.8 Å². The van der Waals surface area contributed by atoms with E-state index < -0.39 is 0 Å². The summed E-state index contributed by atoms with van der Waals surface area (Å²) in [7, 11) is 0. The number of phenols is 1. The van der Waals surface area contributed by atoms with Crippen LogP contribution in [0.3, 0.4) is 0 Å². The van der Waals surface area contributed by atoms with Crippen molar-refractivity contribution in [3.05, 3.63) is 41.5 Å². The van der Waals surface area contributed by atoms with Crippen LogP contribution in [-0.2, 0) is 19.6 Å². The minimum atomic E-state index is 0. The van der Waals surface area contributed by atoms with Crippen molar-refractivity contribution >= 4 is 24.8 Å². The zero-order chi connectivity index (χ0) is 15.4.